The summed E-state index contributed by atoms with van der Waals surface area (Å²) in [7, 11) is 0. The van der Waals surface area contributed by atoms with Gasteiger partial charge in [-0.05, 0) is 26.0 Å². The van der Waals surface area contributed by atoms with Crippen LogP contribution in [0.5, 0.6) is 11.6 Å². The van der Waals surface area contributed by atoms with E-state index in [1.807, 2.05) is 6.92 Å². The van der Waals surface area contributed by atoms with Crippen molar-refractivity contribution < 1.29 is 9.13 Å². The van der Waals surface area contributed by atoms with Crippen LogP contribution in [0, 0.1) is 12.7 Å². The number of hydrogen-bond donors (Lipinski definition) is 2. The first-order valence-corrected chi connectivity index (χ1v) is 5.32. The Bertz CT molecular complexity index is 522. The molecule has 1 aromatic carbocycles. The van der Waals surface area contributed by atoms with Crippen LogP contribution in [0.1, 0.15) is 24.2 Å². The lowest BCUT2D eigenvalue weighted by molar-refractivity contribution is 0.443. The Labute approximate surface area is 98.6 Å². The van der Waals surface area contributed by atoms with Crippen LogP contribution >= 0.6 is 0 Å². The fourth-order valence-electron chi connectivity index (χ4n) is 1.61. The number of benzene rings is 1. The van der Waals surface area contributed by atoms with Crippen LogP contribution in [0.4, 0.5) is 4.39 Å². The number of halogens is 1. The van der Waals surface area contributed by atoms with Gasteiger partial charge in [0, 0.05) is 23.4 Å². The number of ether oxygens (including phenoxy) is 1. The first-order chi connectivity index (χ1) is 8.08. The molecule has 0 radical (unpaired) electrons. The highest BCUT2D eigenvalue weighted by Crippen LogP contribution is 2.29. The van der Waals surface area contributed by atoms with Gasteiger partial charge in [0.15, 0.2) is 0 Å². The third kappa shape index (κ3) is 2.45. The van der Waals surface area contributed by atoms with E-state index in [0.717, 1.165) is 5.69 Å². The van der Waals surface area contributed by atoms with Crippen molar-refractivity contribution in [2.45, 2.75) is 19.9 Å². The molecule has 0 saturated heterocycles. The summed E-state index contributed by atoms with van der Waals surface area (Å²) in [6.45, 7) is 3.57. The molecule has 0 bridgehead atoms. The second-order valence-corrected chi connectivity index (χ2v) is 3.93. The minimum absolute atomic E-state index is 0.355. The number of aromatic amines is 1. The average Bonchev–Trinajstić information content (AvgIpc) is 2.63. The maximum absolute atomic E-state index is 13.6. The third-order valence-electron chi connectivity index (χ3n) is 2.37. The molecule has 5 heteroatoms. The van der Waals surface area contributed by atoms with Gasteiger partial charge in [-0.3, -0.25) is 5.10 Å². The minimum Gasteiger partial charge on any atom is -0.437 e. The van der Waals surface area contributed by atoms with E-state index in [0.29, 0.717) is 17.2 Å². The topological polar surface area (TPSA) is 63.9 Å². The van der Waals surface area contributed by atoms with Gasteiger partial charge >= 0.3 is 0 Å². The molecular weight excluding hydrogens is 221 g/mol. The predicted molar refractivity (Wildman–Crippen MR) is 62.4 cm³/mol. The highest BCUT2D eigenvalue weighted by molar-refractivity contribution is 5.39. The number of hydrogen-bond acceptors (Lipinski definition) is 3. The molecule has 3 N–H and O–H groups in total. The molecule has 0 amide bonds. The Morgan fingerprint density at radius 1 is 1.47 bits per heavy atom. The number of nitrogens with one attached hydrogen (secondary N) is 1. The van der Waals surface area contributed by atoms with Crippen LogP contribution in [0.25, 0.3) is 0 Å². The van der Waals surface area contributed by atoms with E-state index in [4.69, 9.17) is 10.5 Å². The standard InChI is InChI=1S/C12H14FN3O/c1-7-6-11(16-15-7)17-10-5-3-4-9(13)12(10)8(2)14/h3-6,8H,14H2,1-2H3,(H,15,16)/t8-/m0/s1. The Morgan fingerprint density at radius 2 is 2.24 bits per heavy atom. The van der Waals surface area contributed by atoms with E-state index in [2.05, 4.69) is 10.2 Å². The molecule has 90 valence electrons. The number of rotatable bonds is 3. The molecule has 2 rings (SSSR count). The van der Waals surface area contributed by atoms with Gasteiger partial charge in [-0.2, -0.15) is 0 Å². The maximum atomic E-state index is 13.6. The maximum Gasteiger partial charge on any atom is 0.238 e. The monoisotopic (exact) mass is 235 g/mol. The van der Waals surface area contributed by atoms with Crippen molar-refractivity contribution in [2.75, 3.05) is 0 Å². The molecule has 0 saturated carbocycles. The van der Waals surface area contributed by atoms with E-state index in [9.17, 15) is 4.39 Å². The second kappa shape index (κ2) is 4.55. The van der Waals surface area contributed by atoms with Crippen molar-refractivity contribution in [1.29, 1.82) is 0 Å². The van der Waals surface area contributed by atoms with Gasteiger partial charge in [0.1, 0.15) is 11.6 Å². The molecule has 0 fully saturated rings. The summed E-state index contributed by atoms with van der Waals surface area (Å²) in [5.74, 6) is 0.422. The first-order valence-electron chi connectivity index (χ1n) is 5.32. The van der Waals surface area contributed by atoms with Crippen molar-refractivity contribution >= 4 is 0 Å². The molecule has 17 heavy (non-hydrogen) atoms. The number of aryl methyl sites for hydroxylation is 1. The molecule has 0 aliphatic rings. The molecule has 1 heterocycles. The van der Waals surface area contributed by atoms with Gasteiger partial charge in [-0.25, -0.2) is 4.39 Å². The molecule has 0 aliphatic heterocycles. The number of aromatic nitrogens is 2. The van der Waals surface area contributed by atoms with Gasteiger partial charge in [0.25, 0.3) is 0 Å². The number of nitrogens with zero attached hydrogens (tertiary/aromatic N) is 1. The quantitative estimate of drug-likeness (QED) is 0.859. The van der Waals surface area contributed by atoms with E-state index < -0.39 is 6.04 Å². The zero-order valence-corrected chi connectivity index (χ0v) is 9.70. The highest BCUT2D eigenvalue weighted by atomic mass is 19.1. The normalized spacial score (nSPS) is 12.5. The van der Waals surface area contributed by atoms with Gasteiger partial charge in [-0.15, -0.1) is 5.10 Å². The molecule has 1 aromatic heterocycles. The Hall–Kier alpha value is -1.88. The third-order valence-corrected chi connectivity index (χ3v) is 2.37. The lowest BCUT2D eigenvalue weighted by Gasteiger charge is -2.12. The van der Waals surface area contributed by atoms with E-state index in [1.54, 1.807) is 25.1 Å². The molecule has 2 aromatic rings. The lowest BCUT2D eigenvalue weighted by Crippen LogP contribution is -2.09. The summed E-state index contributed by atoms with van der Waals surface area (Å²) in [6.07, 6.45) is 0. The summed E-state index contributed by atoms with van der Waals surface area (Å²) in [6, 6.07) is 5.91. The van der Waals surface area contributed by atoms with Crippen LogP contribution in [0.3, 0.4) is 0 Å². The van der Waals surface area contributed by atoms with Crippen LogP contribution in [0.15, 0.2) is 24.3 Å². The van der Waals surface area contributed by atoms with Crippen LogP contribution in [-0.4, -0.2) is 10.2 Å². The largest absolute Gasteiger partial charge is 0.437 e. The van der Waals surface area contributed by atoms with Crippen LogP contribution < -0.4 is 10.5 Å². The highest BCUT2D eigenvalue weighted by Gasteiger charge is 2.14. The summed E-state index contributed by atoms with van der Waals surface area (Å²) >= 11 is 0. The molecule has 0 unspecified atom stereocenters. The summed E-state index contributed by atoms with van der Waals surface area (Å²) in [5, 5.41) is 6.68. The van der Waals surface area contributed by atoms with Gasteiger partial charge in [0.2, 0.25) is 5.88 Å². The van der Waals surface area contributed by atoms with E-state index in [-0.39, 0.29) is 5.82 Å². The SMILES string of the molecule is Cc1cc(Oc2cccc(F)c2[C@H](C)N)n[nH]1. The molecule has 0 aliphatic carbocycles. The van der Waals surface area contributed by atoms with Gasteiger partial charge < -0.3 is 10.5 Å². The van der Waals surface area contributed by atoms with Gasteiger partial charge in [0.05, 0.1) is 0 Å². The number of H-pyrrole nitrogens is 1. The first kappa shape index (κ1) is 11.6. The minimum atomic E-state index is -0.439. The van der Waals surface area contributed by atoms with Gasteiger partial charge in [-0.1, -0.05) is 6.07 Å². The van der Waals surface area contributed by atoms with Crippen molar-refractivity contribution in [3.63, 3.8) is 0 Å². The fourth-order valence-corrected chi connectivity index (χ4v) is 1.61. The van der Waals surface area contributed by atoms with E-state index >= 15 is 0 Å². The Morgan fingerprint density at radius 3 is 2.82 bits per heavy atom. The fraction of sp³-hybridized carbons (Fsp3) is 0.250. The Balaban J connectivity index is 2.35. The average molecular weight is 235 g/mol. The number of nitrogens with two attached hydrogens (primary N) is 1. The van der Waals surface area contributed by atoms with Crippen molar-refractivity contribution in [3.05, 3.63) is 41.3 Å². The summed E-state index contributed by atoms with van der Waals surface area (Å²) in [5.41, 5.74) is 6.95. The molecule has 1 atom stereocenters. The molecule has 4 nitrogen and oxygen atoms in total. The smallest absolute Gasteiger partial charge is 0.238 e. The van der Waals surface area contributed by atoms with Crippen LogP contribution in [0.2, 0.25) is 0 Å². The van der Waals surface area contributed by atoms with Crippen molar-refractivity contribution in [1.82, 2.24) is 10.2 Å². The van der Waals surface area contributed by atoms with Crippen molar-refractivity contribution in [3.8, 4) is 11.6 Å². The lowest BCUT2D eigenvalue weighted by atomic mass is 10.1. The van der Waals surface area contributed by atoms with Crippen LogP contribution in [-0.2, 0) is 0 Å². The Kier molecular flexibility index (Phi) is 3.10. The zero-order valence-electron chi connectivity index (χ0n) is 9.70. The zero-order chi connectivity index (χ0) is 12.4. The van der Waals surface area contributed by atoms with Crippen molar-refractivity contribution in [2.24, 2.45) is 5.73 Å². The predicted octanol–water partition coefficient (Wildman–Crippen LogP) is 2.67. The molecular formula is C12H14FN3O. The van der Waals surface area contributed by atoms with E-state index in [1.165, 1.54) is 6.07 Å². The molecule has 0 spiro atoms. The summed E-state index contributed by atoms with van der Waals surface area (Å²) < 4.78 is 19.1. The second-order valence-electron chi connectivity index (χ2n) is 3.93. The summed E-state index contributed by atoms with van der Waals surface area (Å²) in [4.78, 5) is 0.